The molecule has 0 aromatic rings. The Kier molecular flexibility index (Phi) is 1.97. The quantitative estimate of drug-likeness (QED) is 0.665. The molecule has 0 radical (unpaired) electrons. The van der Waals surface area contributed by atoms with Crippen LogP contribution >= 0.6 is 0 Å². The van der Waals surface area contributed by atoms with Gasteiger partial charge in [-0.15, -0.1) is 0 Å². The molecular weight excluding hydrogens is 164 g/mol. The summed E-state index contributed by atoms with van der Waals surface area (Å²) in [5, 5.41) is 9.60. The summed E-state index contributed by atoms with van der Waals surface area (Å²) >= 11 is 0. The van der Waals surface area contributed by atoms with E-state index in [1.807, 2.05) is 24.3 Å². The van der Waals surface area contributed by atoms with Crippen LogP contribution in [0.2, 0.25) is 0 Å². The zero-order valence-electron chi connectivity index (χ0n) is 7.53. The number of aliphatic hydroxyl groups excluding tert-OH is 1. The molecule has 0 amide bonds. The second-order valence-electron chi connectivity index (χ2n) is 3.21. The lowest BCUT2D eigenvalue weighted by Gasteiger charge is -2.23. The molecule has 0 bridgehead atoms. The fourth-order valence-electron chi connectivity index (χ4n) is 1.66. The van der Waals surface area contributed by atoms with E-state index in [2.05, 4.69) is 0 Å². The maximum atomic E-state index is 9.60. The number of hydrogen-bond acceptors (Lipinski definition) is 2. The Balaban J connectivity index is 2.30. The lowest BCUT2D eigenvalue weighted by atomic mass is 9.86. The minimum absolute atomic E-state index is 0.102. The maximum absolute atomic E-state index is 9.60. The third kappa shape index (κ3) is 1.39. The van der Waals surface area contributed by atoms with Crippen LogP contribution in [-0.2, 0) is 4.74 Å². The van der Waals surface area contributed by atoms with Crippen molar-refractivity contribution in [1.29, 1.82) is 0 Å². The fourth-order valence-corrected chi connectivity index (χ4v) is 1.66. The molecule has 2 heteroatoms. The Labute approximate surface area is 77.5 Å². The summed E-state index contributed by atoms with van der Waals surface area (Å²) in [7, 11) is 1.66. The molecule has 13 heavy (non-hydrogen) atoms. The molecule has 0 aromatic carbocycles. The molecule has 0 heterocycles. The van der Waals surface area contributed by atoms with Gasteiger partial charge in [0.15, 0.2) is 0 Å². The number of rotatable bonds is 1. The van der Waals surface area contributed by atoms with Gasteiger partial charge >= 0.3 is 0 Å². The maximum Gasteiger partial charge on any atom is 0.100 e. The molecule has 2 aliphatic carbocycles. The van der Waals surface area contributed by atoms with Crippen LogP contribution in [0.3, 0.4) is 0 Å². The summed E-state index contributed by atoms with van der Waals surface area (Å²) in [6, 6.07) is 0. The highest BCUT2D eigenvalue weighted by Crippen LogP contribution is 2.33. The van der Waals surface area contributed by atoms with Crippen LogP contribution in [0.1, 0.15) is 6.42 Å². The highest BCUT2D eigenvalue weighted by atomic mass is 16.5. The predicted octanol–water partition coefficient (Wildman–Crippen LogP) is 2.47. The summed E-state index contributed by atoms with van der Waals surface area (Å²) in [5.74, 6) is 1.45. The number of hydrogen-bond donors (Lipinski definition) is 1. The molecule has 0 fully saturated rings. The summed E-state index contributed by atoms with van der Waals surface area (Å²) in [5.41, 5.74) is 1.15. The highest BCUT2D eigenvalue weighted by Gasteiger charge is 2.23. The van der Waals surface area contributed by atoms with E-state index in [1.165, 1.54) is 0 Å². The molecule has 0 spiro atoms. The van der Waals surface area contributed by atoms with E-state index in [0.717, 1.165) is 17.8 Å². The molecular formula is C11H12O2. The van der Waals surface area contributed by atoms with E-state index in [0.29, 0.717) is 5.76 Å². The first-order chi connectivity index (χ1) is 6.31. The van der Waals surface area contributed by atoms with Crippen molar-refractivity contribution in [1.82, 2.24) is 0 Å². The summed E-state index contributed by atoms with van der Waals surface area (Å²) in [6.07, 6.45) is 10.3. The molecule has 2 aliphatic rings. The third-order valence-corrected chi connectivity index (χ3v) is 2.44. The minimum Gasteiger partial charge on any atom is -0.512 e. The molecule has 0 aliphatic heterocycles. The second-order valence-corrected chi connectivity index (χ2v) is 3.21. The van der Waals surface area contributed by atoms with Gasteiger partial charge in [-0.25, -0.2) is 0 Å². The average Bonchev–Trinajstić information content (AvgIpc) is 2.18. The fraction of sp³-hybridized carbons (Fsp3) is 0.273. The van der Waals surface area contributed by atoms with Crippen molar-refractivity contribution in [2.24, 2.45) is 5.92 Å². The standard InChI is InChI=1S/C11H12O2/c1-13-9-6-5-8-3-2-4-11(12)10(8)7-9/h2-6,10,12H,7H2,1H3. The molecule has 1 atom stereocenters. The first-order valence-electron chi connectivity index (χ1n) is 4.33. The lowest BCUT2D eigenvalue weighted by Crippen LogP contribution is -2.13. The van der Waals surface area contributed by atoms with Gasteiger partial charge in [-0.1, -0.05) is 18.2 Å². The van der Waals surface area contributed by atoms with Crippen LogP contribution in [0, 0.1) is 5.92 Å². The number of methoxy groups -OCH3 is 1. The zero-order valence-corrected chi connectivity index (χ0v) is 7.53. The molecule has 2 nitrogen and oxygen atoms in total. The van der Waals surface area contributed by atoms with Gasteiger partial charge in [-0.2, -0.15) is 0 Å². The van der Waals surface area contributed by atoms with Crippen molar-refractivity contribution in [2.75, 3.05) is 7.11 Å². The van der Waals surface area contributed by atoms with Crippen LogP contribution in [0.5, 0.6) is 0 Å². The number of allylic oxidation sites excluding steroid dienone is 7. The van der Waals surface area contributed by atoms with Crippen LogP contribution in [-0.4, -0.2) is 12.2 Å². The number of aliphatic hydroxyl groups is 1. The van der Waals surface area contributed by atoms with Gasteiger partial charge in [0, 0.05) is 12.3 Å². The van der Waals surface area contributed by atoms with Gasteiger partial charge in [-0.05, 0) is 17.7 Å². The van der Waals surface area contributed by atoms with Gasteiger partial charge in [0.05, 0.1) is 12.9 Å². The molecule has 0 aromatic heterocycles. The zero-order chi connectivity index (χ0) is 9.26. The topological polar surface area (TPSA) is 29.5 Å². The predicted molar refractivity (Wildman–Crippen MR) is 51.1 cm³/mol. The van der Waals surface area contributed by atoms with Crippen molar-refractivity contribution < 1.29 is 9.84 Å². The van der Waals surface area contributed by atoms with Gasteiger partial charge < -0.3 is 9.84 Å². The van der Waals surface area contributed by atoms with Crippen molar-refractivity contribution in [3.05, 3.63) is 47.5 Å². The van der Waals surface area contributed by atoms with Gasteiger partial charge in [-0.3, -0.25) is 0 Å². The molecule has 0 saturated carbocycles. The summed E-state index contributed by atoms with van der Waals surface area (Å²) < 4.78 is 5.14. The van der Waals surface area contributed by atoms with Crippen LogP contribution < -0.4 is 0 Å². The Bertz CT molecular complexity index is 332. The Morgan fingerprint density at radius 3 is 3.00 bits per heavy atom. The van der Waals surface area contributed by atoms with E-state index in [9.17, 15) is 5.11 Å². The Morgan fingerprint density at radius 1 is 1.38 bits per heavy atom. The monoisotopic (exact) mass is 176 g/mol. The van der Waals surface area contributed by atoms with Crippen molar-refractivity contribution in [2.45, 2.75) is 6.42 Å². The normalized spacial score (nSPS) is 25.6. The molecule has 1 unspecified atom stereocenters. The summed E-state index contributed by atoms with van der Waals surface area (Å²) in [4.78, 5) is 0. The van der Waals surface area contributed by atoms with Crippen LogP contribution in [0.4, 0.5) is 0 Å². The molecule has 2 rings (SSSR count). The summed E-state index contributed by atoms with van der Waals surface area (Å²) in [6.45, 7) is 0. The van der Waals surface area contributed by atoms with E-state index < -0.39 is 0 Å². The Hall–Kier alpha value is -1.44. The first kappa shape index (κ1) is 8.17. The van der Waals surface area contributed by atoms with Crippen molar-refractivity contribution >= 4 is 0 Å². The van der Waals surface area contributed by atoms with Gasteiger partial charge in [0.2, 0.25) is 0 Å². The van der Waals surface area contributed by atoms with Crippen LogP contribution in [0.25, 0.3) is 0 Å². The largest absolute Gasteiger partial charge is 0.512 e. The smallest absolute Gasteiger partial charge is 0.100 e. The van der Waals surface area contributed by atoms with E-state index in [-0.39, 0.29) is 5.92 Å². The molecule has 68 valence electrons. The molecule has 1 N–H and O–H groups in total. The van der Waals surface area contributed by atoms with E-state index in [1.54, 1.807) is 13.2 Å². The van der Waals surface area contributed by atoms with Gasteiger partial charge in [0.1, 0.15) is 5.76 Å². The average molecular weight is 176 g/mol. The number of fused-ring (bicyclic) bond motifs is 1. The molecule has 0 saturated heterocycles. The minimum atomic E-state index is 0.102. The van der Waals surface area contributed by atoms with Crippen molar-refractivity contribution in [3.63, 3.8) is 0 Å². The number of ether oxygens (including phenoxy) is 1. The SMILES string of the molecule is COC1=CC=C2C=CC=C(O)C2C1. The third-order valence-electron chi connectivity index (χ3n) is 2.44. The van der Waals surface area contributed by atoms with E-state index in [4.69, 9.17) is 4.74 Å². The van der Waals surface area contributed by atoms with E-state index >= 15 is 0 Å². The van der Waals surface area contributed by atoms with Crippen molar-refractivity contribution in [3.8, 4) is 0 Å². The lowest BCUT2D eigenvalue weighted by molar-refractivity contribution is 0.252. The highest BCUT2D eigenvalue weighted by molar-refractivity contribution is 5.41. The second kappa shape index (κ2) is 3.13. The van der Waals surface area contributed by atoms with Gasteiger partial charge in [0.25, 0.3) is 0 Å². The van der Waals surface area contributed by atoms with Crippen LogP contribution in [0.15, 0.2) is 47.5 Å². The Morgan fingerprint density at radius 2 is 2.23 bits per heavy atom. The first-order valence-corrected chi connectivity index (χ1v) is 4.33.